The molecule has 0 aromatic carbocycles. The zero-order chi connectivity index (χ0) is 12.0. The maximum absolute atomic E-state index is 4.32. The van der Waals surface area contributed by atoms with Crippen LogP contribution in [-0.4, -0.2) is 30.0 Å². The Bertz CT molecular complexity index is 291. The molecule has 0 aliphatic rings. The zero-order valence-corrected chi connectivity index (χ0v) is 10.8. The molecule has 0 amide bonds. The summed E-state index contributed by atoms with van der Waals surface area (Å²) in [5, 5.41) is 3.03. The van der Waals surface area contributed by atoms with Crippen LogP contribution in [-0.2, 0) is 6.54 Å². The van der Waals surface area contributed by atoms with Gasteiger partial charge < -0.3 is 5.32 Å². The van der Waals surface area contributed by atoms with Crippen molar-refractivity contribution >= 4 is 5.82 Å². The SMILES string of the molecule is CCC(CC)N(C)Cc1ccc(NC)nc1. The van der Waals surface area contributed by atoms with Crippen molar-refractivity contribution in [3.05, 3.63) is 23.9 Å². The molecule has 0 bridgehead atoms. The molecule has 3 heteroatoms. The van der Waals surface area contributed by atoms with Crippen molar-refractivity contribution in [2.45, 2.75) is 39.3 Å². The van der Waals surface area contributed by atoms with Gasteiger partial charge in [0.05, 0.1) is 0 Å². The van der Waals surface area contributed by atoms with E-state index in [9.17, 15) is 0 Å². The first-order chi connectivity index (χ1) is 7.71. The van der Waals surface area contributed by atoms with Crippen LogP contribution in [0.25, 0.3) is 0 Å². The maximum Gasteiger partial charge on any atom is 0.125 e. The van der Waals surface area contributed by atoms with Gasteiger partial charge in [-0.1, -0.05) is 19.9 Å². The average molecular weight is 221 g/mol. The lowest BCUT2D eigenvalue weighted by molar-refractivity contribution is 0.221. The van der Waals surface area contributed by atoms with Crippen LogP contribution in [0.4, 0.5) is 5.82 Å². The molecule has 0 atom stereocenters. The summed E-state index contributed by atoms with van der Waals surface area (Å²) in [6.45, 7) is 5.46. The van der Waals surface area contributed by atoms with E-state index in [1.165, 1.54) is 18.4 Å². The fourth-order valence-electron chi connectivity index (χ4n) is 2.00. The van der Waals surface area contributed by atoms with Crippen LogP contribution in [0, 0.1) is 0 Å². The number of anilines is 1. The van der Waals surface area contributed by atoms with Gasteiger partial charge in [0, 0.05) is 25.8 Å². The van der Waals surface area contributed by atoms with Crippen LogP contribution in [0.15, 0.2) is 18.3 Å². The van der Waals surface area contributed by atoms with Crippen molar-refractivity contribution < 1.29 is 0 Å². The first-order valence-electron chi connectivity index (χ1n) is 6.04. The van der Waals surface area contributed by atoms with Gasteiger partial charge in [-0.05, 0) is 31.5 Å². The lowest BCUT2D eigenvalue weighted by atomic mass is 10.1. The van der Waals surface area contributed by atoms with Crippen molar-refractivity contribution in [2.75, 3.05) is 19.4 Å². The molecule has 0 spiro atoms. The Hall–Kier alpha value is -1.09. The van der Waals surface area contributed by atoms with Crippen LogP contribution in [0.1, 0.15) is 32.3 Å². The molecular weight excluding hydrogens is 198 g/mol. The van der Waals surface area contributed by atoms with E-state index in [1.54, 1.807) is 0 Å². The molecule has 1 N–H and O–H groups in total. The van der Waals surface area contributed by atoms with Crippen LogP contribution in [0.2, 0.25) is 0 Å². The van der Waals surface area contributed by atoms with Crippen molar-refractivity contribution in [2.24, 2.45) is 0 Å². The standard InChI is InChI=1S/C13H23N3/c1-5-12(6-2)16(4)10-11-7-8-13(14-3)15-9-11/h7-9,12H,5-6,10H2,1-4H3,(H,14,15). The summed E-state index contributed by atoms with van der Waals surface area (Å²) < 4.78 is 0. The summed E-state index contributed by atoms with van der Waals surface area (Å²) in [6, 6.07) is 4.83. The number of hydrogen-bond donors (Lipinski definition) is 1. The monoisotopic (exact) mass is 221 g/mol. The summed E-state index contributed by atoms with van der Waals surface area (Å²) >= 11 is 0. The molecule has 0 aliphatic heterocycles. The minimum atomic E-state index is 0.670. The van der Waals surface area contributed by atoms with E-state index in [0.29, 0.717) is 6.04 Å². The molecule has 16 heavy (non-hydrogen) atoms. The molecule has 0 aliphatic carbocycles. The number of hydrogen-bond acceptors (Lipinski definition) is 3. The molecule has 90 valence electrons. The van der Waals surface area contributed by atoms with Gasteiger partial charge in [0.2, 0.25) is 0 Å². The van der Waals surface area contributed by atoms with E-state index < -0.39 is 0 Å². The first-order valence-corrected chi connectivity index (χ1v) is 6.04. The second-order valence-corrected chi connectivity index (χ2v) is 4.19. The van der Waals surface area contributed by atoms with Crippen molar-refractivity contribution in [3.8, 4) is 0 Å². The summed E-state index contributed by atoms with van der Waals surface area (Å²) in [4.78, 5) is 6.72. The number of rotatable bonds is 6. The minimum absolute atomic E-state index is 0.670. The third-order valence-electron chi connectivity index (χ3n) is 3.08. The topological polar surface area (TPSA) is 28.2 Å². The summed E-state index contributed by atoms with van der Waals surface area (Å²) in [5.74, 6) is 0.925. The quantitative estimate of drug-likeness (QED) is 0.800. The molecule has 0 unspecified atom stereocenters. The van der Waals surface area contributed by atoms with Crippen molar-refractivity contribution in [3.63, 3.8) is 0 Å². The molecule has 0 radical (unpaired) electrons. The first kappa shape index (κ1) is 13.0. The van der Waals surface area contributed by atoms with Gasteiger partial charge in [0.15, 0.2) is 0 Å². The highest BCUT2D eigenvalue weighted by atomic mass is 15.1. The number of aromatic nitrogens is 1. The summed E-state index contributed by atoms with van der Waals surface area (Å²) in [7, 11) is 4.07. The number of nitrogens with zero attached hydrogens (tertiary/aromatic N) is 2. The highest BCUT2D eigenvalue weighted by Gasteiger charge is 2.10. The predicted octanol–water partition coefficient (Wildman–Crippen LogP) is 2.74. The average Bonchev–Trinajstić information content (AvgIpc) is 2.31. The second-order valence-electron chi connectivity index (χ2n) is 4.19. The highest BCUT2D eigenvalue weighted by Crippen LogP contribution is 2.11. The molecule has 0 saturated heterocycles. The lowest BCUT2D eigenvalue weighted by Gasteiger charge is -2.25. The Labute approximate surface area is 98.9 Å². The molecule has 1 rings (SSSR count). The van der Waals surface area contributed by atoms with Crippen molar-refractivity contribution in [1.82, 2.24) is 9.88 Å². The smallest absolute Gasteiger partial charge is 0.125 e. The Morgan fingerprint density at radius 3 is 2.44 bits per heavy atom. The Morgan fingerprint density at radius 2 is 2.00 bits per heavy atom. The van der Waals surface area contributed by atoms with Gasteiger partial charge in [-0.3, -0.25) is 4.90 Å². The Kier molecular flexibility index (Phi) is 5.26. The van der Waals surface area contributed by atoms with E-state index in [4.69, 9.17) is 0 Å². The van der Waals surface area contributed by atoms with Gasteiger partial charge in [-0.2, -0.15) is 0 Å². The van der Waals surface area contributed by atoms with Gasteiger partial charge in [0.25, 0.3) is 0 Å². The largest absolute Gasteiger partial charge is 0.373 e. The molecule has 1 aromatic rings. The lowest BCUT2D eigenvalue weighted by Crippen LogP contribution is -2.29. The third kappa shape index (κ3) is 3.49. The number of nitrogens with one attached hydrogen (secondary N) is 1. The molecule has 0 saturated carbocycles. The summed E-state index contributed by atoms with van der Waals surface area (Å²) in [6.07, 6.45) is 4.36. The van der Waals surface area contributed by atoms with E-state index in [0.717, 1.165) is 12.4 Å². The van der Waals surface area contributed by atoms with Crippen LogP contribution in [0.3, 0.4) is 0 Å². The highest BCUT2D eigenvalue weighted by molar-refractivity contribution is 5.34. The normalized spacial score (nSPS) is 11.1. The zero-order valence-electron chi connectivity index (χ0n) is 10.8. The van der Waals surface area contributed by atoms with Crippen molar-refractivity contribution in [1.29, 1.82) is 0 Å². The van der Waals surface area contributed by atoms with E-state index in [-0.39, 0.29) is 0 Å². The van der Waals surface area contributed by atoms with E-state index in [1.807, 2.05) is 19.3 Å². The third-order valence-corrected chi connectivity index (χ3v) is 3.08. The number of pyridine rings is 1. The maximum atomic E-state index is 4.32. The van der Waals surface area contributed by atoms with E-state index in [2.05, 4.69) is 42.2 Å². The Morgan fingerprint density at radius 1 is 1.31 bits per heavy atom. The molecule has 3 nitrogen and oxygen atoms in total. The fourth-order valence-corrected chi connectivity index (χ4v) is 2.00. The van der Waals surface area contributed by atoms with Gasteiger partial charge in [0.1, 0.15) is 5.82 Å². The van der Waals surface area contributed by atoms with Crippen LogP contribution in [0.5, 0.6) is 0 Å². The molecule has 1 heterocycles. The van der Waals surface area contributed by atoms with Gasteiger partial charge >= 0.3 is 0 Å². The molecule has 0 fully saturated rings. The fraction of sp³-hybridized carbons (Fsp3) is 0.615. The second kappa shape index (κ2) is 6.48. The summed E-state index contributed by atoms with van der Waals surface area (Å²) in [5.41, 5.74) is 1.27. The van der Waals surface area contributed by atoms with Crippen LogP contribution >= 0.6 is 0 Å². The van der Waals surface area contributed by atoms with Gasteiger partial charge in [-0.15, -0.1) is 0 Å². The van der Waals surface area contributed by atoms with Crippen LogP contribution < -0.4 is 5.32 Å². The van der Waals surface area contributed by atoms with Gasteiger partial charge in [-0.25, -0.2) is 4.98 Å². The Balaban J connectivity index is 2.58. The minimum Gasteiger partial charge on any atom is -0.373 e. The van der Waals surface area contributed by atoms with E-state index >= 15 is 0 Å². The predicted molar refractivity (Wildman–Crippen MR) is 69.6 cm³/mol. The molecular formula is C13H23N3. The molecule has 1 aromatic heterocycles.